The molecular formula is C12H10BrNO2S. The zero-order valence-corrected chi connectivity index (χ0v) is 11.3. The Morgan fingerprint density at radius 1 is 1.35 bits per heavy atom. The summed E-state index contributed by atoms with van der Waals surface area (Å²) in [6.07, 6.45) is 0. The van der Waals surface area contributed by atoms with Gasteiger partial charge in [-0.05, 0) is 39.5 Å². The van der Waals surface area contributed by atoms with Crippen LogP contribution in [0.5, 0.6) is 0 Å². The number of ether oxygens (including phenoxy) is 1. The van der Waals surface area contributed by atoms with E-state index < -0.39 is 5.97 Å². The van der Waals surface area contributed by atoms with E-state index in [1.54, 1.807) is 24.3 Å². The van der Waals surface area contributed by atoms with Gasteiger partial charge in [0.2, 0.25) is 0 Å². The van der Waals surface area contributed by atoms with Gasteiger partial charge in [0.25, 0.3) is 0 Å². The largest absolute Gasteiger partial charge is 0.456 e. The molecule has 0 unspecified atom stereocenters. The van der Waals surface area contributed by atoms with E-state index in [-0.39, 0.29) is 6.61 Å². The van der Waals surface area contributed by atoms with Gasteiger partial charge in [0, 0.05) is 10.2 Å². The molecule has 5 heteroatoms. The average molecular weight is 312 g/mol. The van der Waals surface area contributed by atoms with Crippen molar-refractivity contribution >= 4 is 38.9 Å². The van der Waals surface area contributed by atoms with E-state index >= 15 is 0 Å². The zero-order valence-electron chi connectivity index (χ0n) is 8.85. The van der Waals surface area contributed by atoms with Crippen molar-refractivity contribution in [3.63, 3.8) is 0 Å². The van der Waals surface area contributed by atoms with Crippen LogP contribution in [0.1, 0.15) is 15.2 Å². The fourth-order valence-corrected chi connectivity index (χ4v) is 2.70. The SMILES string of the molecule is Nc1ccccc1C(=O)OCc1sccc1Br. The summed E-state index contributed by atoms with van der Waals surface area (Å²) in [5.41, 5.74) is 6.53. The lowest BCUT2D eigenvalue weighted by molar-refractivity contribution is 0.0477. The van der Waals surface area contributed by atoms with Gasteiger partial charge in [0.05, 0.1) is 10.4 Å². The van der Waals surface area contributed by atoms with Crippen LogP contribution in [-0.4, -0.2) is 5.97 Å². The van der Waals surface area contributed by atoms with E-state index in [4.69, 9.17) is 10.5 Å². The van der Waals surface area contributed by atoms with Crippen molar-refractivity contribution in [1.82, 2.24) is 0 Å². The number of para-hydroxylation sites is 1. The maximum Gasteiger partial charge on any atom is 0.340 e. The minimum atomic E-state index is -0.400. The number of hydrogen-bond acceptors (Lipinski definition) is 4. The second-order valence-electron chi connectivity index (χ2n) is 3.36. The molecule has 0 fully saturated rings. The monoisotopic (exact) mass is 311 g/mol. The fourth-order valence-electron chi connectivity index (χ4n) is 1.32. The molecule has 0 spiro atoms. The van der Waals surface area contributed by atoms with Crippen molar-refractivity contribution in [2.75, 3.05) is 5.73 Å². The Kier molecular flexibility index (Phi) is 3.81. The van der Waals surface area contributed by atoms with Crippen molar-refractivity contribution in [3.8, 4) is 0 Å². The number of halogens is 1. The van der Waals surface area contributed by atoms with Crippen molar-refractivity contribution in [1.29, 1.82) is 0 Å². The topological polar surface area (TPSA) is 52.3 Å². The Balaban J connectivity index is 2.04. The van der Waals surface area contributed by atoms with E-state index in [0.717, 1.165) is 9.35 Å². The maximum absolute atomic E-state index is 11.8. The second-order valence-corrected chi connectivity index (χ2v) is 5.21. The van der Waals surface area contributed by atoms with Gasteiger partial charge >= 0.3 is 5.97 Å². The maximum atomic E-state index is 11.8. The number of anilines is 1. The quantitative estimate of drug-likeness (QED) is 0.697. The summed E-state index contributed by atoms with van der Waals surface area (Å²) < 4.78 is 6.15. The van der Waals surface area contributed by atoms with Gasteiger partial charge < -0.3 is 10.5 Å². The van der Waals surface area contributed by atoms with Gasteiger partial charge in [-0.2, -0.15) is 0 Å². The van der Waals surface area contributed by atoms with Gasteiger partial charge in [0.1, 0.15) is 6.61 Å². The minimum Gasteiger partial charge on any atom is -0.456 e. The highest BCUT2D eigenvalue weighted by molar-refractivity contribution is 9.10. The van der Waals surface area contributed by atoms with Crippen molar-refractivity contribution < 1.29 is 9.53 Å². The Morgan fingerprint density at radius 2 is 2.12 bits per heavy atom. The van der Waals surface area contributed by atoms with E-state index in [1.807, 2.05) is 11.4 Å². The first-order valence-electron chi connectivity index (χ1n) is 4.92. The highest BCUT2D eigenvalue weighted by Gasteiger charge is 2.11. The molecule has 2 N–H and O–H groups in total. The Morgan fingerprint density at radius 3 is 2.76 bits per heavy atom. The number of thiophene rings is 1. The molecule has 88 valence electrons. The molecule has 0 saturated heterocycles. The molecule has 0 aliphatic heterocycles. The molecule has 0 aliphatic carbocycles. The normalized spacial score (nSPS) is 10.2. The number of benzene rings is 1. The smallest absolute Gasteiger partial charge is 0.340 e. The minimum absolute atomic E-state index is 0.255. The number of nitrogens with two attached hydrogens (primary N) is 1. The molecule has 17 heavy (non-hydrogen) atoms. The molecule has 1 aromatic carbocycles. The predicted octanol–water partition coefficient (Wildman–Crippen LogP) is 3.45. The first kappa shape index (κ1) is 12.1. The van der Waals surface area contributed by atoms with Crippen LogP contribution in [0.2, 0.25) is 0 Å². The summed E-state index contributed by atoms with van der Waals surface area (Å²) in [5, 5.41) is 1.93. The van der Waals surface area contributed by atoms with Crippen LogP contribution in [0.15, 0.2) is 40.2 Å². The van der Waals surface area contributed by atoms with Crippen LogP contribution in [0.4, 0.5) is 5.69 Å². The first-order chi connectivity index (χ1) is 8.18. The van der Waals surface area contributed by atoms with Gasteiger partial charge in [0.15, 0.2) is 0 Å². The highest BCUT2D eigenvalue weighted by atomic mass is 79.9. The standard InChI is InChI=1S/C12H10BrNO2S/c13-9-5-6-17-11(9)7-16-12(15)8-3-1-2-4-10(8)14/h1-6H,7,14H2. The first-order valence-corrected chi connectivity index (χ1v) is 6.59. The highest BCUT2D eigenvalue weighted by Crippen LogP contribution is 2.24. The average Bonchev–Trinajstić information content (AvgIpc) is 2.72. The van der Waals surface area contributed by atoms with Crippen molar-refractivity contribution in [2.45, 2.75) is 6.61 Å². The number of rotatable bonds is 3. The van der Waals surface area contributed by atoms with E-state index in [0.29, 0.717) is 11.3 Å². The third-order valence-electron chi connectivity index (χ3n) is 2.21. The molecule has 1 aromatic heterocycles. The van der Waals surface area contributed by atoms with Gasteiger partial charge in [-0.1, -0.05) is 12.1 Å². The van der Waals surface area contributed by atoms with Gasteiger partial charge in [-0.15, -0.1) is 11.3 Å². The molecule has 0 aliphatic rings. The molecule has 0 bridgehead atoms. The lowest BCUT2D eigenvalue weighted by Gasteiger charge is -2.05. The number of carbonyl (C=O) groups excluding carboxylic acids is 1. The van der Waals surface area contributed by atoms with E-state index in [2.05, 4.69) is 15.9 Å². The lowest BCUT2D eigenvalue weighted by atomic mass is 10.2. The number of carbonyl (C=O) groups is 1. The molecule has 0 atom stereocenters. The summed E-state index contributed by atoms with van der Waals surface area (Å²) in [4.78, 5) is 12.7. The molecule has 1 heterocycles. The second kappa shape index (κ2) is 5.33. The van der Waals surface area contributed by atoms with Crippen LogP contribution < -0.4 is 5.73 Å². The Labute approximate surface area is 111 Å². The van der Waals surface area contributed by atoms with Gasteiger partial charge in [-0.3, -0.25) is 0 Å². The van der Waals surface area contributed by atoms with Crippen molar-refractivity contribution in [2.24, 2.45) is 0 Å². The van der Waals surface area contributed by atoms with E-state index in [9.17, 15) is 4.79 Å². The number of nitrogen functional groups attached to an aromatic ring is 1. The molecule has 0 radical (unpaired) electrons. The molecule has 3 nitrogen and oxygen atoms in total. The third-order valence-corrected chi connectivity index (χ3v) is 4.11. The summed E-state index contributed by atoms with van der Waals surface area (Å²) in [6, 6.07) is 8.79. The lowest BCUT2D eigenvalue weighted by Crippen LogP contribution is -2.07. The third kappa shape index (κ3) is 2.87. The van der Waals surface area contributed by atoms with Crippen LogP contribution in [-0.2, 0) is 11.3 Å². The molecule has 0 saturated carbocycles. The zero-order chi connectivity index (χ0) is 12.3. The Bertz CT molecular complexity index is 539. The van der Waals surface area contributed by atoms with Crippen LogP contribution in [0, 0.1) is 0 Å². The van der Waals surface area contributed by atoms with Crippen LogP contribution in [0.3, 0.4) is 0 Å². The molecule has 2 rings (SSSR count). The van der Waals surface area contributed by atoms with Gasteiger partial charge in [-0.25, -0.2) is 4.79 Å². The molecular weight excluding hydrogens is 302 g/mol. The summed E-state index contributed by atoms with van der Waals surface area (Å²) in [6.45, 7) is 0.255. The fraction of sp³-hybridized carbons (Fsp3) is 0.0833. The van der Waals surface area contributed by atoms with Crippen molar-refractivity contribution in [3.05, 3.63) is 50.6 Å². The summed E-state index contributed by atoms with van der Waals surface area (Å²) >= 11 is 4.92. The number of esters is 1. The predicted molar refractivity (Wildman–Crippen MR) is 72.0 cm³/mol. The Hall–Kier alpha value is -1.33. The number of hydrogen-bond donors (Lipinski definition) is 1. The van der Waals surface area contributed by atoms with Crippen LogP contribution in [0.25, 0.3) is 0 Å². The van der Waals surface area contributed by atoms with Crippen LogP contribution >= 0.6 is 27.3 Å². The summed E-state index contributed by atoms with van der Waals surface area (Å²) in [5.74, 6) is -0.400. The molecule has 0 amide bonds. The van der Waals surface area contributed by atoms with E-state index in [1.165, 1.54) is 11.3 Å². The summed E-state index contributed by atoms with van der Waals surface area (Å²) in [7, 11) is 0. The molecule has 2 aromatic rings.